The normalized spacial score (nSPS) is 19.7. The molecule has 36 heavy (non-hydrogen) atoms. The first-order valence-corrected chi connectivity index (χ1v) is 12.1. The van der Waals surface area contributed by atoms with Crippen molar-refractivity contribution in [3.8, 4) is 0 Å². The van der Waals surface area contributed by atoms with Gasteiger partial charge < -0.3 is 4.90 Å². The second kappa shape index (κ2) is 8.61. The number of hydrogen-bond acceptors (Lipinski definition) is 4. The van der Waals surface area contributed by atoms with Gasteiger partial charge in [0.1, 0.15) is 11.3 Å². The van der Waals surface area contributed by atoms with Crippen molar-refractivity contribution < 1.29 is 4.92 Å². The number of rotatable bonds is 5. The summed E-state index contributed by atoms with van der Waals surface area (Å²) in [4.78, 5) is 18.9. The maximum atomic E-state index is 11.7. The number of aliphatic imine (C=N–C) groups is 1. The van der Waals surface area contributed by atoms with Gasteiger partial charge in [0.25, 0.3) is 5.69 Å². The lowest BCUT2D eigenvalue weighted by molar-refractivity contribution is -0.385. The van der Waals surface area contributed by atoms with Gasteiger partial charge in [-0.05, 0) is 36.3 Å². The Morgan fingerprint density at radius 2 is 1.42 bits per heavy atom. The Morgan fingerprint density at radius 1 is 0.833 bits per heavy atom. The average molecular weight is 472 g/mol. The summed E-state index contributed by atoms with van der Waals surface area (Å²) >= 11 is 0. The predicted molar refractivity (Wildman–Crippen MR) is 143 cm³/mol. The van der Waals surface area contributed by atoms with Crippen LogP contribution in [-0.2, 0) is 5.41 Å². The van der Waals surface area contributed by atoms with E-state index in [2.05, 4.69) is 84.6 Å². The number of nitrogens with zero attached hydrogens (tertiary/aromatic N) is 3. The number of nitro benzene ring substituents is 1. The van der Waals surface area contributed by atoms with Crippen LogP contribution in [0, 0.1) is 10.1 Å². The number of para-hydroxylation sites is 2. The van der Waals surface area contributed by atoms with Gasteiger partial charge in [0.15, 0.2) is 0 Å². The SMILES string of the molecule is C[C@H]1c2ccccc2N=C2N1[C@@H](/C=C/c1ccccc1[N+](=O)[O-])C2(c1ccccc1)c1ccccc1. The summed E-state index contributed by atoms with van der Waals surface area (Å²) in [6.07, 6.45) is 4.01. The minimum atomic E-state index is -0.523. The molecule has 2 aliphatic rings. The van der Waals surface area contributed by atoms with Crippen LogP contribution in [0.3, 0.4) is 0 Å². The number of fused-ring (bicyclic) bond motifs is 2. The third-order valence-electron chi connectivity index (χ3n) is 7.42. The minimum absolute atomic E-state index is 0.0933. The lowest BCUT2D eigenvalue weighted by Crippen LogP contribution is -2.72. The van der Waals surface area contributed by atoms with Gasteiger partial charge in [-0.2, -0.15) is 0 Å². The maximum absolute atomic E-state index is 11.7. The quantitative estimate of drug-likeness (QED) is 0.231. The molecule has 6 rings (SSSR count). The molecule has 0 amide bonds. The van der Waals surface area contributed by atoms with Crippen LogP contribution in [0.1, 0.15) is 35.2 Å². The second-order valence-electron chi connectivity index (χ2n) is 9.24. The molecule has 5 heteroatoms. The van der Waals surface area contributed by atoms with Gasteiger partial charge in [0.2, 0.25) is 0 Å². The van der Waals surface area contributed by atoms with Crippen LogP contribution in [-0.4, -0.2) is 21.7 Å². The molecule has 4 aromatic rings. The summed E-state index contributed by atoms with van der Waals surface area (Å²) in [6.45, 7) is 2.21. The van der Waals surface area contributed by atoms with E-state index in [1.165, 1.54) is 5.56 Å². The first-order valence-electron chi connectivity index (χ1n) is 12.1. The number of hydrogen-bond donors (Lipinski definition) is 0. The third-order valence-corrected chi connectivity index (χ3v) is 7.42. The van der Waals surface area contributed by atoms with Crippen LogP contribution >= 0.6 is 0 Å². The zero-order chi connectivity index (χ0) is 24.7. The van der Waals surface area contributed by atoms with Crippen molar-refractivity contribution in [2.75, 3.05) is 0 Å². The lowest BCUT2D eigenvalue weighted by atomic mass is 9.59. The van der Waals surface area contributed by atoms with Gasteiger partial charge in [0.05, 0.1) is 28.3 Å². The van der Waals surface area contributed by atoms with E-state index in [1.807, 2.05) is 30.3 Å². The van der Waals surface area contributed by atoms with Crippen LogP contribution in [0.2, 0.25) is 0 Å². The van der Waals surface area contributed by atoms with Crippen molar-refractivity contribution in [1.29, 1.82) is 0 Å². The molecule has 0 radical (unpaired) electrons. The Balaban J connectivity index is 1.59. The average Bonchev–Trinajstić information content (AvgIpc) is 2.91. The van der Waals surface area contributed by atoms with Gasteiger partial charge in [-0.25, -0.2) is 4.99 Å². The topological polar surface area (TPSA) is 58.7 Å². The highest BCUT2D eigenvalue weighted by molar-refractivity contribution is 6.07. The van der Waals surface area contributed by atoms with Crippen LogP contribution < -0.4 is 0 Å². The lowest BCUT2D eigenvalue weighted by Gasteiger charge is -2.62. The van der Waals surface area contributed by atoms with Gasteiger partial charge >= 0.3 is 0 Å². The highest BCUT2D eigenvalue weighted by atomic mass is 16.6. The zero-order valence-corrected chi connectivity index (χ0v) is 19.9. The van der Waals surface area contributed by atoms with Gasteiger partial charge in [0, 0.05) is 11.6 Å². The minimum Gasteiger partial charge on any atom is -0.344 e. The molecule has 0 unspecified atom stereocenters. The standard InChI is InChI=1S/C31H25N3O2/c1-22-26-17-9-10-18-27(26)32-30-31(24-13-4-2-5-14-24,25-15-6-3-7-16-25)29(33(22)30)21-20-23-12-8-11-19-28(23)34(35)36/h2-22,29H,1H3/b21-20+/t22-,29-/m0/s1. The molecule has 176 valence electrons. The molecule has 0 aromatic heterocycles. The Labute approximate surface area is 210 Å². The molecule has 0 aliphatic carbocycles. The van der Waals surface area contributed by atoms with Gasteiger partial charge in [-0.3, -0.25) is 10.1 Å². The molecular weight excluding hydrogens is 446 g/mol. The Kier molecular flexibility index (Phi) is 5.26. The van der Waals surface area contributed by atoms with Crippen molar-refractivity contribution in [3.63, 3.8) is 0 Å². The molecule has 0 bridgehead atoms. The molecule has 2 aliphatic heterocycles. The predicted octanol–water partition coefficient (Wildman–Crippen LogP) is 7.08. The van der Waals surface area contributed by atoms with Crippen molar-refractivity contribution >= 4 is 23.3 Å². The highest BCUT2D eigenvalue weighted by Gasteiger charge is 2.61. The van der Waals surface area contributed by atoms with Crippen LogP contribution in [0.25, 0.3) is 6.08 Å². The monoisotopic (exact) mass is 471 g/mol. The summed E-state index contributed by atoms with van der Waals surface area (Å²) in [5, 5.41) is 11.7. The van der Waals surface area contributed by atoms with E-state index < -0.39 is 5.41 Å². The van der Waals surface area contributed by atoms with Crippen LogP contribution in [0.4, 0.5) is 11.4 Å². The Hall–Kier alpha value is -4.51. The summed E-state index contributed by atoms with van der Waals surface area (Å²) in [5.41, 5.74) is 4.64. The number of amidine groups is 1. The summed E-state index contributed by atoms with van der Waals surface area (Å²) in [6, 6.07) is 36.1. The molecule has 2 heterocycles. The molecule has 0 saturated carbocycles. The highest BCUT2D eigenvalue weighted by Crippen LogP contribution is 2.55. The summed E-state index contributed by atoms with van der Waals surface area (Å²) < 4.78 is 0. The summed E-state index contributed by atoms with van der Waals surface area (Å²) in [7, 11) is 0. The van der Waals surface area contributed by atoms with E-state index in [0.717, 1.165) is 22.6 Å². The molecule has 1 saturated heterocycles. The fourth-order valence-corrected chi connectivity index (χ4v) is 5.78. The zero-order valence-electron chi connectivity index (χ0n) is 19.9. The first kappa shape index (κ1) is 22.0. The molecular formula is C31H25N3O2. The first-order chi connectivity index (χ1) is 17.6. The molecule has 0 N–H and O–H groups in total. The largest absolute Gasteiger partial charge is 0.344 e. The molecule has 1 fully saturated rings. The molecule has 0 spiro atoms. The van der Waals surface area contributed by atoms with E-state index in [0.29, 0.717) is 5.56 Å². The number of nitro groups is 1. The van der Waals surface area contributed by atoms with Crippen molar-refractivity contribution in [1.82, 2.24) is 4.90 Å². The van der Waals surface area contributed by atoms with Gasteiger partial charge in [-0.1, -0.05) is 97.1 Å². The van der Waals surface area contributed by atoms with Crippen molar-refractivity contribution in [3.05, 3.63) is 148 Å². The molecule has 5 nitrogen and oxygen atoms in total. The van der Waals surface area contributed by atoms with Gasteiger partial charge in [-0.15, -0.1) is 0 Å². The van der Waals surface area contributed by atoms with Crippen LogP contribution in [0.15, 0.2) is 120 Å². The molecule has 4 aromatic carbocycles. The van der Waals surface area contributed by atoms with E-state index in [1.54, 1.807) is 18.2 Å². The van der Waals surface area contributed by atoms with E-state index in [-0.39, 0.29) is 22.7 Å². The fourth-order valence-electron chi connectivity index (χ4n) is 5.78. The molecule has 2 atom stereocenters. The number of benzene rings is 4. The van der Waals surface area contributed by atoms with E-state index in [4.69, 9.17) is 4.99 Å². The Bertz CT molecular complexity index is 1460. The maximum Gasteiger partial charge on any atom is 0.276 e. The third kappa shape index (κ3) is 3.20. The van der Waals surface area contributed by atoms with E-state index in [9.17, 15) is 10.1 Å². The second-order valence-corrected chi connectivity index (χ2v) is 9.24. The van der Waals surface area contributed by atoms with Crippen LogP contribution in [0.5, 0.6) is 0 Å². The smallest absolute Gasteiger partial charge is 0.276 e. The van der Waals surface area contributed by atoms with E-state index >= 15 is 0 Å². The fraction of sp³-hybridized carbons (Fsp3) is 0.129. The Morgan fingerprint density at radius 3 is 2.08 bits per heavy atom. The van der Waals surface area contributed by atoms with Crippen molar-refractivity contribution in [2.24, 2.45) is 4.99 Å². The summed E-state index contributed by atoms with van der Waals surface area (Å²) in [5.74, 6) is 1.00. The van der Waals surface area contributed by atoms with Crippen molar-refractivity contribution in [2.45, 2.75) is 24.4 Å².